The fourth-order valence-electron chi connectivity index (χ4n) is 2.00. The number of phenolic OH excluding ortho intramolecular Hbond substituents is 1. The van der Waals surface area contributed by atoms with E-state index in [-0.39, 0.29) is 11.4 Å². The summed E-state index contributed by atoms with van der Waals surface area (Å²) in [6.07, 6.45) is 0. The Balaban J connectivity index is 2.28. The van der Waals surface area contributed by atoms with Gasteiger partial charge < -0.3 is 10.4 Å². The fraction of sp³-hybridized carbons (Fsp3) is 0.188. The summed E-state index contributed by atoms with van der Waals surface area (Å²) in [5.41, 5.74) is 0.0550. The average molecular weight is 308 g/mol. The van der Waals surface area contributed by atoms with Crippen LogP contribution >= 0.6 is 11.6 Å². The predicted octanol–water partition coefficient (Wildman–Crippen LogP) is 3.42. The number of aromatic hydroxyl groups is 1. The monoisotopic (exact) mass is 307 g/mol. The van der Waals surface area contributed by atoms with Crippen LogP contribution in [0.3, 0.4) is 0 Å². The van der Waals surface area contributed by atoms with Crippen molar-refractivity contribution in [2.75, 3.05) is 5.88 Å². The van der Waals surface area contributed by atoms with Gasteiger partial charge in [0.15, 0.2) is 0 Å². The third-order valence-electron chi connectivity index (χ3n) is 3.27. The summed E-state index contributed by atoms with van der Waals surface area (Å²) in [4.78, 5) is 12.3. The van der Waals surface area contributed by atoms with Crippen molar-refractivity contribution in [2.45, 2.75) is 12.5 Å². The molecule has 0 radical (unpaired) electrons. The van der Waals surface area contributed by atoms with E-state index in [9.17, 15) is 14.3 Å². The van der Waals surface area contributed by atoms with Gasteiger partial charge in [0.05, 0.1) is 11.1 Å². The molecule has 0 saturated heterocycles. The Morgan fingerprint density at radius 1 is 1.29 bits per heavy atom. The summed E-state index contributed by atoms with van der Waals surface area (Å²) in [6, 6.07) is 12.5. The summed E-state index contributed by atoms with van der Waals surface area (Å²) in [5.74, 6) is -1.37. The lowest BCUT2D eigenvalue weighted by Crippen LogP contribution is -2.45. The Morgan fingerprint density at radius 3 is 2.52 bits per heavy atom. The number of phenols is 1. The van der Waals surface area contributed by atoms with E-state index in [4.69, 9.17) is 11.6 Å². The Hall–Kier alpha value is -2.07. The molecule has 3 nitrogen and oxygen atoms in total. The molecule has 0 spiro atoms. The van der Waals surface area contributed by atoms with Gasteiger partial charge in [-0.25, -0.2) is 4.39 Å². The lowest BCUT2D eigenvalue weighted by Gasteiger charge is -2.29. The number of nitrogens with one attached hydrogen (secondary N) is 1. The first-order valence-electron chi connectivity index (χ1n) is 6.39. The molecule has 0 fully saturated rings. The molecule has 0 aliphatic heterocycles. The molecular weight excluding hydrogens is 293 g/mol. The highest BCUT2D eigenvalue weighted by atomic mass is 35.5. The zero-order chi connectivity index (χ0) is 15.5. The van der Waals surface area contributed by atoms with Crippen LogP contribution < -0.4 is 5.32 Å². The van der Waals surface area contributed by atoms with E-state index >= 15 is 0 Å². The Kier molecular flexibility index (Phi) is 4.48. The van der Waals surface area contributed by atoms with Crippen molar-refractivity contribution in [3.63, 3.8) is 0 Å². The quantitative estimate of drug-likeness (QED) is 0.850. The van der Waals surface area contributed by atoms with Gasteiger partial charge >= 0.3 is 0 Å². The van der Waals surface area contributed by atoms with Gasteiger partial charge in [-0.1, -0.05) is 30.3 Å². The van der Waals surface area contributed by atoms with Crippen LogP contribution in [0.4, 0.5) is 4.39 Å². The smallest absolute Gasteiger partial charge is 0.255 e. The zero-order valence-corrected chi connectivity index (χ0v) is 12.2. The van der Waals surface area contributed by atoms with Crippen molar-refractivity contribution < 1.29 is 14.3 Å². The third kappa shape index (κ3) is 3.34. The van der Waals surface area contributed by atoms with Gasteiger partial charge in [0.1, 0.15) is 11.6 Å². The number of alkyl halides is 1. The molecule has 0 aliphatic carbocycles. The van der Waals surface area contributed by atoms with Gasteiger partial charge in [0, 0.05) is 11.9 Å². The number of hydrogen-bond acceptors (Lipinski definition) is 2. The van der Waals surface area contributed by atoms with E-state index in [0.717, 1.165) is 17.7 Å². The van der Waals surface area contributed by atoms with E-state index in [1.54, 1.807) is 6.92 Å². The maximum atomic E-state index is 13.0. The summed E-state index contributed by atoms with van der Waals surface area (Å²) in [7, 11) is 0. The molecular formula is C16H15ClFNO2. The van der Waals surface area contributed by atoms with Crippen LogP contribution in [0.2, 0.25) is 0 Å². The van der Waals surface area contributed by atoms with Gasteiger partial charge in [-0.15, -0.1) is 11.6 Å². The molecule has 1 atom stereocenters. The van der Waals surface area contributed by atoms with Crippen LogP contribution in [0.1, 0.15) is 22.8 Å². The molecule has 2 N–H and O–H groups in total. The summed E-state index contributed by atoms with van der Waals surface area (Å²) in [5, 5.41) is 12.5. The molecule has 2 aromatic carbocycles. The van der Waals surface area contributed by atoms with Crippen molar-refractivity contribution in [1.82, 2.24) is 5.32 Å². The fourth-order valence-corrected chi connectivity index (χ4v) is 2.22. The minimum absolute atomic E-state index is 0.00340. The summed E-state index contributed by atoms with van der Waals surface area (Å²) >= 11 is 6.00. The molecule has 0 saturated carbocycles. The Labute approximate surface area is 127 Å². The van der Waals surface area contributed by atoms with E-state index in [1.807, 2.05) is 30.3 Å². The molecule has 21 heavy (non-hydrogen) atoms. The van der Waals surface area contributed by atoms with E-state index in [1.165, 1.54) is 6.07 Å². The largest absolute Gasteiger partial charge is 0.507 e. The topological polar surface area (TPSA) is 49.3 Å². The molecule has 5 heteroatoms. The normalized spacial score (nSPS) is 13.5. The standard InChI is InChI=1S/C16H15ClFNO2/c1-16(10-17,11-5-3-2-4-6-11)19-15(21)13-8-7-12(18)9-14(13)20/h2-9,20H,10H2,1H3,(H,19,21). The van der Waals surface area contributed by atoms with Crippen LogP contribution in [0.15, 0.2) is 48.5 Å². The predicted molar refractivity (Wildman–Crippen MR) is 80.0 cm³/mol. The summed E-state index contributed by atoms with van der Waals surface area (Å²) in [6.45, 7) is 1.79. The zero-order valence-electron chi connectivity index (χ0n) is 11.4. The molecule has 1 unspecified atom stereocenters. The maximum Gasteiger partial charge on any atom is 0.255 e. The van der Waals surface area contributed by atoms with Gasteiger partial charge in [0.2, 0.25) is 0 Å². The van der Waals surface area contributed by atoms with E-state index in [2.05, 4.69) is 5.32 Å². The van der Waals surface area contributed by atoms with Crippen LogP contribution in [-0.2, 0) is 5.54 Å². The van der Waals surface area contributed by atoms with Crippen molar-refractivity contribution in [3.8, 4) is 5.75 Å². The van der Waals surface area contributed by atoms with Gasteiger partial charge in [-0.3, -0.25) is 4.79 Å². The Bertz CT molecular complexity index is 648. The molecule has 2 aromatic rings. The highest BCUT2D eigenvalue weighted by molar-refractivity contribution is 6.19. The number of hydrogen-bond donors (Lipinski definition) is 2. The lowest BCUT2D eigenvalue weighted by atomic mass is 9.93. The number of rotatable bonds is 4. The first-order chi connectivity index (χ1) is 9.96. The van der Waals surface area contributed by atoms with Crippen molar-refractivity contribution >= 4 is 17.5 Å². The van der Waals surface area contributed by atoms with Crippen LogP contribution in [0.5, 0.6) is 5.75 Å². The second-order valence-electron chi connectivity index (χ2n) is 4.95. The van der Waals surface area contributed by atoms with Crippen LogP contribution in [0.25, 0.3) is 0 Å². The van der Waals surface area contributed by atoms with Gasteiger partial charge in [-0.2, -0.15) is 0 Å². The van der Waals surface area contributed by atoms with Crippen LogP contribution in [0, 0.1) is 5.82 Å². The van der Waals surface area contributed by atoms with Gasteiger partial charge in [-0.05, 0) is 24.6 Å². The molecule has 0 heterocycles. The second-order valence-corrected chi connectivity index (χ2v) is 5.21. The molecule has 110 valence electrons. The first kappa shape index (κ1) is 15.3. The SMILES string of the molecule is CC(CCl)(NC(=O)c1ccc(F)cc1O)c1ccccc1. The van der Waals surface area contributed by atoms with E-state index < -0.39 is 23.0 Å². The highest BCUT2D eigenvalue weighted by Gasteiger charge is 2.28. The van der Waals surface area contributed by atoms with E-state index in [0.29, 0.717) is 0 Å². The minimum atomic E-state index is -0.791. The minimum Gasteiger partial charge on any atom is -0.507 e. The number of amides is 1. The number of benzene rings is 2. The van der Waals surface area contributed by atoms with Crippen LogP contribution in [-0.4, -0.2) is 16.9 Å². The molecule has 0 aliphatic rings. The molecule has 0 bridgehead atoms. The van der Waals surface area contributed by atoms with Gasteiger partial charge in [0.25, 0.3) is 5.91 Å². The average Bonchev–Trinajstić information content (AvgIpc) is 2.47. The third-order valence-corrected chi connectivity index (χ3v) is 3.81. The molecule has 2 rings (SSSR count). The Morgan fingerprint density at radius 2 is 1.95 bits per heavy atom. The number of carbonyl (C=O) groups is 1. The van der Waals surface area contributed by atoms with Crippen molar-refractivity contribution in [2.24, 2.45) is 0 Å². The van der Waals surface area contributed by atoms with Crippen molar-refractivity contribution in [3.05, 3.63) is 65.5 Å². The molecule has 0 aromatic heterocycles. The summed E-state index contributed by atoms with van der Waals surface area (Å²) < 4.78 is 13.0. The molecule has 1 amide bonds. The second kappa shape index (κ2) is 6.14. The lowest BCUT2D eigenvalue weighted by molar-refractivity contribution is 0.0910. The maximum absolute atomic E-state index is 13.0. The highest BCUT2D eigenvalue weighted by Crippen LogP contribution is 2.24. The number of carbonyl (C=O) groups excluding carboxylic acids is 1. The van der Waals surface area contributed by atoms with Crippen molar-refractivity contribution in [1.29, 1.82) is 0 Å². The number of halogens is 2. The first-order valence-corrected chi connectivity index (χ1v) is 6.92.